The molecule has 0 aromatic rings. The number of hydrogen-bond acceptors (Lipinski definition) is 13. The molecule has 15 heteroatoms. The lowest BCUT2D eigenvalue weighted by atomic mass is 9.76. The lowest BCUT2D eigenvalue weighted by Crippen LogP contribution is -2.75. The smallest absolute Gasteiger partial charge is 0.329 e. The average molecular weight is 500 g/mol. The van der Waals surface area contributed by atoms with Crippen molar-refractivity contribution in [2.24, 2.45) is 0 Å². The molecule has 34 heavy (non-hydrogen) atoms. The van der Waals surface area contributed by atoms with E-state index in [1.807, 2.05) is 0 Å². The molecule has 0 radical (unpaired) electrons. The molecule has 0 amide bonds. The van der Waals surface area contributed by atoms with Gasteiger partial charge in [-0.2, -0.15) is 0 Å². The summed E-state index contributed by atoms with van der Waals surface area (Å²) in [5, 5.41) is 79.7. The van der Waals surface area contributed by atoms with Crippen LogP contribution in [-0.2, 0) is 33.3 Å². The van der Waals surface area contributed by atoms with Gasteiger partial charge in [0.15, 0.2) is 12.6 Å². The first-order chi connectivity index (χ1) is 15.6. The first kappa shape index (κ1) is 28.7. The van der Waals surface area contributed by atoms with Crippen LogP contribution in [0.25, 0.3) is 0 Å². The Morgan fingerprint density at radius 3 is 1.82 bits per heavy atom. The normalized spacial score (nSPS) is 45.1. The van der Waals surface area contributed by atoms with Crippen LogP contribution in [-0.4, -0.2) is 139 Å². The summed E-state index contributed by atoms with van der Waals surface area (Å²) in [6, 6.07) is 0. The predicted octanol–water partition coefficient (Wildman–Crippen LogP) is -4.01. The molecule has 0 saturated carbocycles. The van der Waals surface area contributed by atoms with E-state index in [9.17, 15) is 40.2 Å². The highest BCUT2D eigenvalue weighted by molar-refractivity contribution is 5.68. The Hall–Kier alpha value is -1.50. The third-order valence-corrected chi connectivity index (χ3v) is 6.15. The number of carboxylic acids is 2. The Balaban J connectivity index is 2.33. The topological polar surface area (TPSA) is 242 Å². The van der Waals surface area contributed by atoms with Crippen LogP contribution < -0.4 is 0 Å². The highest BCUT2D eigenvalue weighted by atomic mass is 16.7. The fourth-order valence-electron chi connectivity index (χ4n) is 3.86. The summed E-state index contributed by atoms with van der Waals surface area (Å²) in [5.74, 6) is -2.62. The van der Waals surface area contributed by atoms with Crippen molar-refractivity contribution in [3.63, 3.8) is 0 Å². The Labute approximate surface area is 194 Å². The number of rotatable bonds is 10. The zero-order valence-electron chi connectivity index (χ0n) is 18.8. The van der Waals surface area contributed by atoms with Crippen molar-refractivity contribution < 1.29 is 74.1 Å². The molecular weight excluding hydrogens is 468 g/mol. The zero-order valence-corrected chi connectivity index (χ0v) is 18.8. The van der Waals surface area contributed by atoms with Gasteiger partial charge < -0.3 is 64.5 Å². The third kappa shape index (κ3) is 5.66. The second-order valence-electron chi connectivity index (χ2n) is 8.90. The molecule has 2 heterocycles. The van der Waals surface area contributed by atoms with Crippen LogP contribution in [0, 0.1) is 0 Å². The number of hydrogen-bond donors (Lipinski definition) is 8. The van der Waals surface area contributed by atoms with Crippen LogP contribution in [0.2, 0.25) is 0 Å². The summed E-state index contributed by atoms with van der Waals surface area (Å²) < 4.78 is 26.8. The van der Waals surface area contributed by atoms with Crippen LogP contribution >= 0.6 is 0 Å². The molecule has 198 valence electrons. The Morgan fingerprint density at radius 1 is 0.765 bits per heavy atom. The highest BCUT2D eigenvalue weighted by Crippen LogP contribution is 2.43. The molecule has 2 rings (SSSR count). The fraction of sp³-hybridized carbons (Fsp3) is 0.895. The molecule has 2 saturated heterocycles. The minimum absolute atomic E-state index is 0.541. The van der Waals surface area contributed by atoms with Gasteiger partial charge in [0.25, 0.3) is 0 Å². The molecule has 0 aromatic carbocycles. The van der Waals surface area contributed by atoms with E-state index in [1.54, 1.807) is 0 Å². The summed E-state index contributed by atoms with van der Waals surface area (Å²) in [4.78, 5) is 21.6. The average Bonchev–Trinajstić information content (AvgIpc) is 2.73. The largest absolute Gasteiger partial charge is 0.480 e. The molecular formula is C19H32O15. The molecule has 15 nitrogen and oxygen atoms in total. The maximum atomic E-state index is 10.8. The predicted molar refractivity (Wildman–Crippen MR) is 105 cm³/mol. The number of aliphatic hydroxyl groups excluding tert-OH is 6. The van der Waals surface area contributed by atoms with Crippen molar-refractivity contribution in [2.75, 3.05) is 26.4 Å². The van der Waals surface area contributed by atoms with Gasteiger partial charge in [0.2, 0.25) is 0 Å². The van der Waals surface area contributed by atoms with E-state index in [2.05, 4.69) is 0 Å². The summed E-state index contributed by atoms with van der Waals surface area (Å²) in [5.41, 5.74) is -5.68. The number of aliphatic carboxylic acids is 2. The molecule has 2 aliphatic rings. The van der Waals surface area contributed by atoms with Gasteiger partial charge in [0, 0.05) is 0 Å². The van der Waals surface area contributed by atoms with E-state index in [1.165, 1.54) is 20.8 Å². The Kier molecular flexibility index (Phi) is 8.99. The zero-order chi connectivity index (χ0) is 26.1. The van der Waals surface area contributed by atoms with E-state index in [0.29, 0.717) is 0 Å². The van der Waals surface area contributed by atoms with Crippen molar-refractivity contribution in [2.45, 2.75) is 80.7 Å². The first-order valence-corrected chi connectivity index (χ1v) is 10.3. The van der Waals surface area contributed by atoms with Gasteiger partial charge in [0.05, 0.1) is 13.2 Å². The Bertz CT molecular complexity index is 734. The number of carboxylic acid groups (broad SMARTS) is 2. The van der Waals surface area contributed by atoms with E-state index < -0.39 is 98.3 Å². The lowest BCUT2D eigenvalue weighted by molar-refractivity contribution is -0.415. The van der Waals surface area contributed by atoms with E-state index in [-0.39, 0.29) is 0 Å². The van der Waals surface area contributed by atoms with E-state index in [4.69, 9.17) is 33.9 Å². The van der Waals surface area contributed by atoms with Crippen LogP contribution in [0.1, 0.15) is 20.8 Å². The van der Waals surface area contributed by atoms with Crippen LogP contribution in [0.5, 0.6) is 0 Å². The van der Waals surface area contributed by atoms with E-state index in [0.717, 1.165) is 0 Å². The number of ether oxygens (including phenoxy) is 5. The van der Waals surface area contributed by atoms with Gasteiger partial charge in [-0.3, -0.25) is 0 Å². The third-order valence-electron chi connectivity index (χ3n) is 6.15. The molecule has 2 fully saturated rings. The number of aliphatic hydroxyl groups is 6. The Morgan fingerprint density at radius 2 is 1.29 bits per heavy atom. The molecule has 0 aromatic heterocycles. The SMILES string of the molecule is CC1(COCC(=O)O)OC(OC2(C)C(O)C(O)C(O)OC2(C)COCC(=O)O)C(O)C(O)C1O. The minimum Gasteiger partial charge on any atom is -0.480 e. The van der Waals surface area contributed by atoms with Crippen LogP contribution in [0.3, 0.4) is 0 Å². The first-order valence-electron chi connectivity index (χ1n) is 10.3. The maximum Gasteiger partial charge on any atom is 0.329 e. The molecule has 10 atom stereocenters. The molecule has 10 unspecified atom stereocenters. The second kappa shape index (κ2) is 10.6. The van der Waals surface area contributed by atoms with Crippen LogP contribution in [0.15, 0.2) is 0 Å². The summed E-state index contributed by atoms with van der Waals surface area (Å²) >= 11 is 0. The molecule has 0 aliphatic carbocycles. The quantitative estimate of drug-likeness (QED) is 0.142. The molecule has 8 N–H and O–H groups in total. The molecule has 0 spiro atoms. The standard InChI is InChI=1S/C19H32O15/c1-17(6-30-4-8(20)21)13(27)10(24)11(25)16(33-17)34-19(3)14(28)12(26)15(29)32-18(19,2)7-31-5-9(22)23/h10-16,24-29H,4-7H2,1-3H3,(H,20,21)(H,22,23). The van der Waals surface area contributed by atoms with E-state index >= 15 is 0 Å². The molecule has 0 bridgehead atoms. The fourth-order valence-corrected chi connectivity index (χ4v) is 3.86. The summed E-state index contributed by atoms with van der Waals surface area (Å²) in [7, 11) is 0. The minimum atomic E-state index is -2.05. The van der Waals surface area contributed by atoms with Gasteiger partial charge in [-0.1, -0.05) is 0 Å². The van der Waals surface area contributed by atoms with Crippen molar-refractivity contribution in [3.8, 4) is 0 Å². The van der Waals surface area contributed by atoms with Gasteiger partial charge in [-0.15, -0.1) is 0 Å². The number of carbonyl (C=O) groups is 2. The van der Waals surface area contributed by atoms with Gasteiger partial charge >= 0.3 is 11.9 Å². The molecule has 2 aliphatic heterocycles. The van der Waals surface area contributed by atoms with Crippen molar-refractivity contribution in [1.29, 1.82) is 0 Å². The lowest BCUT2D eigenvalue weighted by Gasteiger charge is -2.56. The van der Waals surface area contributed by atoms with Crippen molar-refractivity contribution in [3.05, 3.63) is 0 Å². The van der Waals surface area contributed by atoms with Crippen LogP contribution in [0.4, 0.5) is 0 Å². The van der Waals surface area contributed by atoms with Crippen molar-refractivity contribution in [1.82, 2.24) is 0 Å². The van der Waals surface area contributed by atoms with Gasteiger partial charge in [0.1, 0.15) is 60.5 Å². The summed E-state index contributed by atoms with van der Waals surface area (Å²) in [6.45, 7) is 1.13. The van der Waals surface area contributed by atoms with Gasteiger partial charge in [-0.05, 0) is 20.8 Å². The maximum absolute atomic E-state index is 10.8. The highest BCUT2D eigenvalue weighted by Gasteiger charge is 2.63. The monoisotopic (exact) mass is 500 g/mol. The second-order valence-corrected chi connectivity index (χ2v) is 8.90. The van der Waals surface area contributed by atoms with Crippen molar-refractivity contribution >= 4 is 11.9 Å². The summed E-state index contributed by atoms with van der Waals surface area (Å²) in [6.07, 6.45) is -13.0. The van der Waals surface area contributed by atoms with Gasteiger partial charge in [-0.25, -0.2) is 9.59 Å².